The zero-order valence-corrected chi connectivity index (χ0v) is 15.5. The fourth-order valence-corrected chi connectivity index (χ4v) is 3.09. The minimum absolute atomic E-state index is 0.0659. The number of hydrogen-bond acceptors (Lipinski definition) is 6. The van der Waals surface area contributed by atoms with E-state index in [0.717, 1.165) is 27.8 Å². The van der Waals surface area contributed by atoms with E-state index in [-0.39, 0.29) is 5.91 Å². The summed E-state index contributed by atoms with van der Waals surface area (Å²) < 4.78 is 0. The summed E-state index contributed by atoms with van der Waals surface area (Å²) in [4.78, 5) is 32.6. The van der Waals surface area contributed by atoms with Gasteiger partial charge in [-0.05, 0) is 24.3 Å². The number of H-pyrrole nitrogens is 2. The second-order valence-electron chi connectivity index (χ2n) is 6.51. The van der Waals surface area contributed by atoms with Gasteiger partial charge in [-0.1, -0.05) is 6.92 Å². The molecule has 0 saturated heterocycles. The number of hydrogen-bond donors (Lipinski definition) is 3. The minimum Gasteiger partial charge on any atom is -0.336 e. The lowest BCUT2D eigenvalue weighted by Crippen LogP contribution is -2.09. The largest absolute Gasteiger partial charge is 0.336 e. The van der Waals surface area contributed by atoms with Crippen LogP contribution in [0.25, 0.3) is 44.8 Å². The number of carbonyl (C=O) groups is 1. The molecule has 0 atom stereocenters. The highest BCUT2D eigenvalue weighted by atomic mass is 16.1. The van der Waals surface area contributed by atoms with Crippen molar-refractivity contribution in [3.05, 3.63) is 49.1 Å². The second kappa shape index (κ2) is 6.79. The van der Waals surface area contributed by atoms with E-state index in [1.165, 1.54) is 0 Å². The maximum absolute atomic E-state index is 11.7. The molecule has 0 unspecified atom stereocenters. The molecule has 9 heteroatoms. The Morgan fingerprint density at radius 3 is 2.86 bits per heavy atom. The van der Waals surface area contributed by atoms with Crippen LogP contribution in [0.15, 0.2) is 49.1 Å². The highest BCUT2D eigenvalue weighted by Gasteiger charge is 2.15. The zero-order chi connectivity index (χ0) is 19.8. The maximum Gasteiger partial charge on any atom is 0.224 e. The number of fused-ring (bicyclic) bond motifs is 2. The van der Waals surface area contributed by atoms with Gasteiger partial charge in [-0.2, -0.15) is 5.10 Å². The monoisotopic (exact) mass is 384 g/mol. The molecule has 5 aromatic rings. The first-order valence-electron chi connectivity index (χ1n) is 9.12. The van der Waals surface area contributed by atoms with Crippen LogP contribution in [0.2, 0.25) is 0 Å². The smallest absolute Gasteiger partial charge is 0.224 e. The SMILES string of the molecule is CCC(=O)Nc1cncc(-c2ccc3[nH]nc(-c4nc5cnccc5[nH]4)c3n2)c1. The molecule has 9 nitrogen and oxygen atoms in total. The van der Waals surface area contributed by atoms with E-state index in [4.69, 9.17) is 4.98 Å². The molecule has 29 heavy (non-hydrogen) atoms. The molecule has 0 aliphatic carbocycles. The molecule has 0 fully saturated rings. The summed E-state index contributed by atoms with van der Waals surface area (Å²) in [7, 11) is 0. The van der Waals surface area contributed by atoms with Crippen LogP contribution in [-0.2, 0) is 4.79 Å². The molecule has 5 heterocycles. The van der Waals surface area contributed by atoms with Crippen LogP contribution < -0.4 is 5.32 Å². The number of pyridine rings is 3. The van der Waals surface area contributed by atoms with Crippen molar-refractivity contribution in [1.29, 1.82) is 0 Å². The summed E-state index contributed by atoms with van der Waals surface area (Å²) in [6.45, 7) is 1.80. The van der Waals surface area contributed by atoms with E-state index in [0.29, 0.717) is 29.1 Å². The van der Waals surface area contributed by atoms with E-state index in [9.17, 15) is 4.79 Å². The van der Waals surface area contributed by atoms with Gasteiger partial charge >= 0.3 is 0 Å². The molecule has 5 aromatic heterocycles. The number of amides is 1. The third-order valence-electron chi connectivity index (χ3n) is 4.56. The zero-order valence-electron chi connectivity index (χ0n) is 15.5. The molecule has 0 spiro atoms. The fourth-order valence-electron chi connectivity index (χ4n) is 3.09. The Labute approximate surface area is 164 Å². The van der Waals surface area contributed by atoms with Crippen molar-refractivity contribution in [1.82, 2.24) is 35.1 Å². The molecular weight excluding hydrogens is 368 g/mol. The molecule has 142 valence electrons. The van der Waals surface area contributed by atoms with Crippen molar-refractivity contribution in [2.24, 2.45) is 0 Å². The Kier molecular flexibility index (Phi) is 3.98. The number of nitrogens with one attached hydrogen (secondary N) is 3. The lowest BCUT2D eigenvalue weighted by molar-refractivity contribution is -0.115. The molecule has 1 amide bonds. The Morgan fingerprint density at radius 1 is 1.07 bits per heavy atom. The second-order valence-corrected chi connectivity index (χ2v) is 6.51. The summed E-state index contributed by atoms with van der Waals surface area (Å²) in [6.07, 6.45) is 7.13. The van der Waals surface area contributed by atoms with Crippen molar-refractivity contribution >= 4 is 33.7 Å². The molecular formula is C20H16N8O. The van der Waals surface area contributed by atoms with E-state index in [1.807, 2.05) is 24.3 Å². The van der Waals surface area contributed by atoms with Gasteiger partial charge in [0, 0.05) is 24.4 Å². The van der Waals surface area contributed by atoms with Gasteiger partial charge in [0.15, 0.2) is 11.5 Å². The van der Waals surface area contributed by atoms with Crippen molar-refractivity contribution < 1.29 is 4.79 Å². The maximum atomic E-state index is 11.7. The van der Waals surface area contributed by atoms with Gasteiger partial charge < -0.3 is 10.3 Å². The highest BCUT2D eigenvalue weighted by molar-refractivity contribution is 5.92. The van der Waals surface area contributed by atoms with Crippen LogP contribution in [0.1, 0.15) is 13.3 Å². The molecule has 0 saturated carbocycles. The summed E-state index contributed by atoms with van der Waals surface area (Å²) in [5, 5.41) is 10.2. The van der Waals surface area contributed by atoms with Crippen molar-refractivity contribution in [3.63, 3.8) is 0 Å². The molecule has 0 bridgehead atoms. The number of carbonyl (C=O) groups excluding carboxylic acids is 1. The summed E-state index contributed by atoms with van der Waals surface area (Å²) in [6, 6.07) is 7.51. The van der Waals surface area contributed by atoms with Crippen LogP contribution in [-0.4, -0.2) is 41.0 Å². The van der Waals surface area contributed by atoms with E-state index < -0.39 is 0 Å². The first-order valence-corrected chi connectivity index (χ1v) is 9.12. The van der Waals surface area contributed by atoms with Gasteiger partial charge in [-0.3, -0.25) is 19.9 Å². The van der Waals surface area contributed by atoms with Crippen LogP contribution in [0.4, 0.5) is 5.69 Å². The highest BCUT2D eigenvalue weighted by Crippen LogP contribution is 2.28. The topological polar surface area (TPSA) is 125 Å². The minimum atomic E-state index is -0.0659. The van der Waals surface area contributed by atoms with Crippen LogP contribution in [0.3, 0.4) is 0 Å². The standard InChI is InChI=1S/C20H16N8O/c1-2-17(29)23-12-7-11(8-22-9-12)13-3-4-15-18(24-13)19(28-27-15)20-25-14-5-6-21-10-16(14)26-20/h3-10H,2H2,1H3,(H,23,29)(H,25,26)(H,27,28). The van der Waals surface area contributed by atoms with Gasteiger partial charge in [0.2, 0.25) is 5.91 Å². The molecule has 5 rings (SSSR count). The van der Waals surface area contributed by atoms with Crippen LogP contribution in [0, 0.1) is 0 Å². The predicted octanol–water partition coefficient (Wildman–Crippen LogP) is 3.31. The van der Waals surface area contributed by atoms with Gasteiger partial charge in [0.25, 0.3) is 0 Å². The first-order chi connectivity index (χ1) is 14.2. The molecule has 0 aromatic carbocycles. The van der Waals surface area contributed by atoms with Gasteiger partial charge in [-0.25, -0.2) is 9.97 Å². The van der Waals surface area contributed by atoms with Gasteiger partial charge in [-0.15, -0.1) is 0 Å². The molecule has 0 aliphatic heterocycles. The normalized spacial score (nSPS) is 11.2. The lowest BCUT2D eigenvalue weighted by Gasteiger charge is -2.06. The number of aromatic amines is 2. The van der Waals surface area contributed by atoms with Crippen LogP contribution in [0.5, 0.6) is 0 Å². The fraction of sp³-hybridized carbons (Fsp3) is 0.100. The Bertz CT molecular complexity index is 1320. The molecule has 0 radical (unpaired) electrons. The molecule has 3 N–H and O–H groups in total. The lowest BCUT2D eigenvalue weighted by atomic mass is 10.1. The summed E-state index contributed by atoms with van der Waals surface area (Å²) >= 11 is 0. The molecule has 0 aliphatic rings. The quantitative estimate of drug-likeness (QED) is 0.436. The predicted molar refractivity (Wildman–Crippen MR) is 109 cm³/mol. The van der Waals surface area contributed by atoms with E-state index in [1.54, 1.807) is 31.7 Å². The van der Waals surface area contributed by atoms with Crippen molar-refractivity contribution in [3.8, 4) is 22.8 Å². The number of nitrogens with zero attached hydrogens (tertiary/aromatic N) is 5. The average Bonchev–Trinajstić information content (AvgIpc) is 3.37. The Morgan fingerprint density at radius 2 is 2.00 bits per heavy atom. The van der Waals surface area contributed by atoms with E-state index in [2.05, 4.69) is 35.5 Å². The number of aromatic nitrogens is 7. The summed E-state index contributed by atoms with van der Waals surface area (Å²) in [5.41, 5.74) is 5.90. The van der Waals surface area contributed by atoms with E-state index >= 15 is 0 Å². The third-order valence-corrected chi connectivity index (χ3v) is 4.56. The average molecular weight is 384 g/mol. The van der Waals surface area contributed by atoms with Crippen molar-refractivity contribution in [2.75, 3.05) is 5.32 Å². The number of rotatable bonds is 4. The van der Waals surface area contributed by atoms with Crippen LogP contribution >= 0.6 is 0 Å². The Hall–Kier alpha value is -4.14. The van der Waals surface area contributed by atoms with Crippen molar-refractivity contribution in [2.45, 2.75) is 13.3 Å². The Balaban J connectivity index is 1.58. The first kappa shape index (κ1) is 17.0. The third kappa shape index (κ3) is 3.08. The summed E-state index contributed by atoms with van der Waals surface area (Å²) in [5.74, 6) is 0.551. The van der Waals surface area contributed by atoms with Gasteiger partial charge in [0.1, 0.15) is 11.0 Å². The number of imidazole rings is 1. The van der Waals surface area contributed by atoms with Gasteiger partial charge in [0.05, 0.1) is 34.8 Å². The number of anilines is 1.